The van der Waals surface area contributed by atoms with Gasteiger partial charge in [0.15, 0.2) is 6.61 Å². The van der Waals surface area contributed by atoms with Crippen molar-refractivity contribution < 1.29 is 64.1 Å². The number of benzene rings is 2. The van der Waals surface area contributed by atoms with Crippen molar-refractivity contribution in [1.82, 2.24) is 10.6 Å². The number of carbonyl (C=O) groups is 2. The molecule has 61 heavy (non-hydrogen) atoms. The number of hydrogen-bond acceptors (Lipinski definition) is 10. The fourth-order valence-electron chi connectivity index (χ4n) is 6.38. The van der Waals surface area contributed by atoms with E-state index in [1.165, 1.54) is 33.6 Å². The Morgan fingerprint density at radius 3 is 1.52 bits per heavy atom. The number of nitrogens with one attached hydrogen (secondary N) is 2. The molecular weight excluding hydrogens is 959 g/mol. The highest BCUT2D eigenvalue weighted by atomic mass is 35.7. The lowest BCUT2D eigenvalue weighted by molar-refractivity contribution is -0.153. The number of halogens is 9. The molecule has 3 N–H and O–H groups in total. The summed E-state index contributed by atoms with van der Waals surface area (Å²) in [6, 6.07) is 9.70. The molecule has 0 fully saturated rings. The van der Waals surface area contributed by atoms with Gasteiger partial charge in [-0.05, 0) is 86.7 Å². The standard InChI is InChI=1S/C19H24ClF3NO4PS.C16H20ClNO3.C3H5ClF3OPS/c1-11(2)9-18(3)16(28-29(5,30)27-10-19(21,22)23)15(17(25)24-18)13-7-6-12(20)8-14(13)26-4;1-9(2)8-16(3)14(19)13(15(20)18-16)11-6-5-10(17)7-12(11)21-4;1-9(4,10)8-2-3(5,6)7/h6-8,11H,9-10H2,1-5H3,(H,24,25);5-7,9,19H,8H2,1-4H3,(H,18,20);2H2,1H3. The Hall–Kier alpha value is -2.27. The van der Waals surface area contributed by atoms with Crippen molar-refractivity contribution in [3.63, 3.8) is 0 Å². The van der Waals surface area contributed by atoms with Crippen LogP contribution in [0.3, 0.4) is 0 Å². The number of aliphatic hydroxyl groups excluding tert-OH is 1. The van der Waals surface area contributed by atoms with Crippen LogP contribution in [0.5, 0.6) is 11.5 Å². The molecule has 2 aromatic carbocycles. The van der Waals surface area contributed by atoms with Gasteiger partial charge >= 0.3 is 12.4 Å². The molecule has 0 aromatic heterocycles. The Morgan fingerprint density at radius 2 is 1.13 bits per heavy atom. The smallest absolute Gasteiger partial charge is 0.412 e. The van der Waals surface area contributed by atoms with Crippen LogP contribution in [0.2, 0.25) is 10.0 Å². The zero-order chi connectivity index (χ0) is 47.1. The van der Waals surface area contributed by atoms with Gasteiger partial charge in [0.2, 0.25) is 6.49 Å². The number of alkyl halides is 6. The number of ether oxygens (including phenoxy) is 2. The molecule has 344 valence electrons. The van der Waals surface area contributed by atoms with E-state index in [9.17, 15) is 41.0 Å². The predicted octanol–water partition coefficient (Wildman–Crippen LogP) is 11.8. The van der Waals surface area contributed by atoms with E-state index >= 15 is 0 Å². The molecule has 0 saturated heterocycles. The summed E-state index contributed by atoms with van der Waals surface area (Å²) in [6.45, 7) is 7.89. The van der Waals surface area contributed by atoms with Crippen LogP contribution in [0.4, 0.5) is 26.3 Å². The van der Waals surface area contributed by atoms with Crippen LogP contribution in [0.15, 0.2) is 47.9 Å². The van der Waals surface area contributed by atoms with E-state index in [-0.39, 0.29) is 34.5 Å². The molecule has 0 spiro atoms. The Kier molecular flexibility index (Phi) is 19.4. The number of hydrogen-bond donors (Lipinski definition) is 3. The normalized spacial score (nSPS) is 21.2. The van der Waals surface area contributed by atoms with Crippen LogP contribution in [0.25, 0.3) is 11.1 Å². The van der Waals surface area contributed by atoms with Gasteiger partial charge in [0.25, 0.3) is 11.8 Å². The van der Waals surface area contributed by atoms with Crippen molar-refractivity contribution in [2.24, 2.45) is 11.8 Å². The molecular formula is C38H49Cl3F6N2O8P2S2. The van der Waals surface area contributed by atoms with Gasteiger partial charge in [0.05, 0.1) is 36.4 Å². The van der Waals surface area contributed by atoms with Crippen LogP contribution >= 0.6 is 46.6 Å². The van der Waals surface area contributed by atoms with E-state index in [1.807, 2.05) is 34.6 Å². The minimum absolute atomic E-state index is 0.0572. The molecule has 4 unspecified atom stereocenters. The Bertz CT molecular complexity index is 2080. The maximum Gasteiger partial charge on any atom is 0.412 e. The molecule has 2 heterocycles. The summed E-state index contributed by atoms with van der Waals surface area (Å²) in [4.78, 5) is 25.3. The topological polar surface area (TPSA) is 125 Å². The van der Waals surface area contributed by atoms with Crippen molar-refractivity contribution >= 4 is 93.1 Å². The highest BCUT2D eigenvalue weighted by Gasteiger charge is 2.47. The van der Waals surface area contributed by atoms with Gasteiger partial charge in [-0.1, -0.05) is 73.9 Å². The highest BCUT2D eigenvalue weighted by Crippen LogP contribution is 2.54. The maximum atomic E-state index is 13.0. The largest absolute Gasteiger partial charge is 0.509 e. The van der Waals surface area contributed by atoms with Crippen LogP contribution in [-0.4, -0.2) is 81.1 Å². The third-order valence-corrected chi connectivity index (χ3v) is 11.7. The fraction of sp³-hybridized carbons (Fsp3) is 0.526. The second-order valence-corrected chi connectivity index (χ2v) is 26.5. The first-order valence-corrected chi connectivity index (χ1v) is 26.1. The molecule has 0 bridgehead atoms. The molecule has 23 heteroatoms. The molecule has 0 radical (unpaired) electrons. The summed E-state index contributed by atoms with van der Waals surface area (Å²) in [5, 5.41) is 17.3. The second kappa shape index (κ2) is 21.6. The maximum absolute atomic E-state index is 13.0. The number of amides is 2. The number of rotatable bonds is 14. The molecule has 2 aliphatic rings. The summed E-state index contributed by atoms with van der Waals surface area (Å²) >= 11 is 26.8. The zero-order valence-corrected chi connectivity index (χ0v) is 40.6. The van der Waals surface area contributed by atoms with E-state index in [0.717, 1.165) is 0 Å². The molecule has 4 rings (SSSR count). The highest BCUT2D eigenvalue weighted by molar-refractivity contribution is 8.24. The van der Waals surface area contributed by atoms with E-state index in [1.54, 1.807) is 37.3 Å². The number of methoxy groups -OCH3 is 2. The van der Waals surface area contributed by atoms with Gasteiger partial charge in [-0.3, -0.25) is 9.59 Å². The predicted molar refractivity (Wildman–Crippen MR) is 236 cm³/mol. The SMILES string of the molecule is COc1cc(Cl)ccc1C1=C(O)C(C)(CC(C)C)NC1=O.COc1cc(Cl)ccc1C1=C(OP(C)(=S)OCC(F)(F)F)C(C)(CC(C)C)NC1=O.CP(=S)(Cl)OCC(F)(F)F. The quantitative estimate of drug-likeness (QED) is 0.124. The first-order valence-electron chi connectivity index (χ1n) is 18.1. The number of aliphatic hydroxyl groups is 1. The van der Waals surface area contributed by atoms with Gasteiger partial charge in [-0.2, -0.15) is 26.3 Å². The first-order chi connectivity index (χ1) is 27.7. The lowest BCUT2D eigenvalue weighted by atomic mass is 9.88. The lowest BCUT2D eigenvalue weighted by Crippen LogP contribution is -2.43. The van der Waals surface area contributed by atoms with Crippen molar-refractivity contribution in [3.05, 3.63) is 69.1 Å². The van der Waals surface area contributed by atoms with Gasteiger partial charge in [0, 0.05) is 34.5 Å². The van der Waals surface area contributed by atoms with Gasteiger partial charge in [-0.15, -0.1) is 0 Å². The summed E-state index contributed by atoms with van der Waals surface area (Å²) in [5.74, 6) is 0.735. The van der Waals surface area contributed by atoms with E-state index in [4.69, 9.17) is 64.8 Å². The molecule has 0 aliphatic carbocycles. The van der Waals surface area contributed by atoms with Gasteiger partial charge in [-0.25, -0.2) is 0 Å². The first kappa shape index (κ1) is 54.9. The summed E-state index contributed by atoms with van der Waals surface area (Å²) in [5.41, 5.74) is -3.07. The minimum Gasteiger partial charge on any atom is -0.509 e. The van der Waals surface area contributed by atoms with Crippen LogP contribution < -0.4 is 20.1 Å². The van der Waals surface area contributed by atoms with Crippen molar-refractivity contribution in [1.29, 1.82) is 0 Å². The van der Waals surface area contributed by atoms with Crippen LogP contribution in [0.1, 0.15) is 65.5 Å². The van der Waals surface area contributed by atoms with E-state index in [2.05, 4.69) is 27.0 Å². The van der Waals surface area contributed by atoms with Crippen molar-refractivity contribution in [2.75, 3.05) is 40.8 Å². The third-order valence-electron chi connectivity index (χ3n) is 8.40. The average molecular weight is 1010 g/mol. The van der Waals surface area contributed by atoms with Crippen molar-refractivity contribution in [2.45, 2.75) is 77.8 Å². The summed E-state index contributed by atoms with van der Waals surface area (Å²) in [7, 11) is 2.93. The fourth-order valence-corrected chi connectivity index (χ4v) is 8.83. The second-order valence-electron chi connectivity index (χ2n) is 15.3. The molecule has 10 nitrogen and oxygen atoms in total. The van der Waals surface area contributed by atoms with E-state index < -0.39 is 54.7 Å². The molecule has 0 saturated carbocycles. The molecule has 4 atom stereocenters. The molecule has 2 amide bonds. The molecule has 2 aromatic rings. The lowest BCUT2D eigenvalue weighted by Gasteiger charge is -2.32. The Labute approximate surface area is 377 Å². The summed E-state index contributed by atoms with van der Waals surface area (Å²) < 4.78 is 97.6. The third kappa shape index (κ3) is 17.0. The Morgan fingerprint density at radius 1 is 0.738 bits per heavy atom. The van der Waals surface area contributed by atoms with Gasteiger partial charge < -0.3 is 38.8 Å². The Balaban J connectivity index is 0.000000357. The monoisotopic (exact) mass is 1010 g/mol. The zero-order valence-electron chi connectivity index (χ0n) is 34.9. The minimum atomic E-state index is -4.55. The van der Waals surface area contributed by atoms with Crippen LogP contribution in [0, 0.1) is 11.8 Å². The van der Waals surface area contributed by atoms with E-state index in [0.29, 0.717) is 51.4 Å². The number of carbonyl (C=O) groups excluding carboxylic acids is 2. The summed E-state index contributed by atoms with van der Waals surface area (Å²) in [6.07, 6.45) is -7.76. The van der Waals surface area contributed by atoms with Crippen molar-refractivity contribution in [3.8, 4) is 11.5 Å². The molecule has 2 aliphatic heterocycles. The van der Waals surface area contributed by atoms with Crippen LogP contribution in [-0.2, 0) is 46.8 Å². The average Bonchev–Trinajstić information content (AvgIpc) is 3.46. The van der Waals surface area contributed by atoms with Gasteiger partial charge in [0.1, 0.15) is 35.2 Å².